The van der Waals surface area contributed by atoms with E-state index in [1.165, 1.54) is 12.2 Å². The molecule has 1 saturated heterocycles. The zero-order chi connectivity index (χ0) is 13.2. The lowest BCUT2D eigenvalue weighted by atomic mass is 9.86. The molecule has 0 radical (unpaired) electrons. The average Bonchev–Trinajstić information content (AvgIpc) is 2.89. The third kappa shape index (κ3) is 2.95. The summed E-state index contributed by atoms with van der Waals surface area (Å²) < 4.78 is 5.50. The summed E-state index contributed by atoms with van der Waals surface area (Å²) in [7, 11) is 2.14. The van der Waals surface area contributed by atoms with Crippen LogP contribution in [0.2, 0.25) is 0 Å². The van der Waals surface area contributed by atoms with Crippen LogP contribution in [0, 0.1) is 0 Å². The molecular formula is C13H22N4OS. The van der Waals surface area contributed by atoms with Crippen LogP contribution in [0.1, 0.15) is 49.4 Å². The van der Waals surface area contributed by atoms with Crippen LogP contribution in [0.3, 0.4) is 0 Å². The second-order valence-corrected chi connectivity index (χ2v) is 6.84. The molecule has 5 nitrogen and oxygen atoms in total. The molecule has 6 heteroatoms. The quantitative estimate of drug-likeness (QED) is 0.891. The molecule has 2 fully saturated rings. The minimum absolute atomic E-state index is 0.294. The monoisotopic (exact) mass is 282 g/mol. The Balaban J connectivity index is 1.71. The van der Waals surface area contributed by atoms with Crippen LogP contribution in [-0.2, 0) is 0 Å². The standard InChI is InChI=1S/C13H22N4OS/c1-17-5-6-19-8-11(17)12-15-13(18-16-12)9-3-2-4-10(14)7-9/h9-11H,2-8,14H2,1H3. The molecule has 19 heavy (non-hydrogen) atoms. The van der Waals surface area contributed by atoms with E-state index < -0.39 is 0 Å². The summed E-state index contributed by atoms with van der Waals surface area (Å²) in [6.45, 7) is 1.09. The summed E-state index contributed by atoms with van der Waals surface area (Å²) in [5, 5.41) is 4.21. The number of thioether (sulfide) groups is 1. The molecule has 106 valence electrons. The lowest BCUT2D eigenvalue weighted by Crippen LogP contribution is -2.33. The fourth-order valence-electron chi connectivity index (χ4n) is 2.96. The van der Waals surface area contributed by atoms with E-state index >= 15 is 0 Å². The first-order chi connectivity index (χ1) is 9.24. The smallest absolute Gasteiger partial charge is 0.229 e. The number of hydrogen-bond donors (Lipinski definition) is 1. The summed E-state index contributed by atoms with van der Waals surface area (Å²) in [6, 6.07) is 0.593. The molecule has 1 aliphatic heterocycles. The van der Waals surface area contributed by atoms with Gasteiger partial charge in [0.1, 0.15) is 0 Å². The van der Waals surface area contributed by atoms with Crippen molar-refractivity contribution in [2.45, 2.75) is 43.7 Å². The van der Waals surface area contributed by atoms with Gasteiger partial charge in [-0.05, 0) is 26.3 Å². The van der Waals surface area contributed by atoms with Gasteiger partial charge in [-0.15, -0.1) is 0 Å². The molecule has 2 N–H and O–H groups in total. The van der Waals surface area contributed by atoms with Crippen molar-refractivity contribution in [2.75, 3.05) is 25.1 Å². The van der Waals surface area contributed by atoms with Gasteiger partial charge in [-0.25, -0.2) is 0 Å². The third-order valence-corrected chi connectivity index (χ3v) is 5.24. The average molecular weight is 282 g/mol. The largest absolute Gasteiger partial charge is 0.339 e. The Morgan fingerprint density at radius 3 is 3.11 bits per heavy atom. The highest BCUT2D eigenvalue weighted by Crippen LogP contribution is 2.33. The first-order valence-corrected chi connectivity index (χ1v) is 8.26. The molecule has 0 spiro atoms. The molecule has 3 atom stereocenters. The highest BCUT2D eigenvalue weighted by Gasteiger charge is 2.29. The Kier molecular flexibility index (Phi) is 4.10. The van der Waals surface area contributed by atoms with Crippen LogP contribution in [0.4, 0.5) is 0 Å². The van der Waals surface area contributed by atoms with Gasteiger partial charge in [0.05, 0.1) is 6.04 Å². The Morgan fingerprint density at radius 2 is 2.32 bits per heavy atom. The molecule has 0 amide bonds. The number of nitrogens with zero attached hydrogens (tertiary/aromatic N) is 3. The van der Waals surface area contributed by atoms with Gasteiger partial charge in [0, 0.05) is 30.0 Å². The summed E-state index contributed by atoms with van der Waals surface area (Å²) in [4.78, 5) is 6.97. The minimum atomic E-state index is 0.294. The lowest BCUT2D eigenvalue weighted by molar-refractivity contribution is 0.254. The fraction of sp³-hybridized carbons (Fsp3) is 0.846. The Hall–Kier alpha value is -0.590. The summed E-state index contributed by atoms with van der Waals surface area (Å²) in [5.41, 5.74) is 6.03. The predicted octanol–water partition coefficient (Wildman–Crippen LogP) is 1.77. The highest BCUT2D eigenvalue weighted by atomic mass is 32.2. The Bertz CT molecular complexity index is 425. The van der Waals surface area contributed by atoms with Crippen molar-refractivity contribution in [2.24, 2.45) is 5.73 Å². The van der Waals surface area contributed by atoms with Crippen molar-refractivity contribution < 1.29 is 4.52 Å². The molecule has 1 aliphatic carbocycles. The minimum Gasteiger partial charge on any atom is -0.339 e. The first kappa shape index (κ1) is 13.4. The van der Waals surface area contributed by atoms with Gasteiger partial charge in [-0.2, -0.15) is 16.7 Å². The molecule has 1 aromatic rings. The van der Waals surface area contributed by atoms with Crippen molar-refractivity contribution in [1.82, 2.24) is 15.0 Å². The molecule has 2 heterocycles. The van der Waals surface area contributed by atoms with Gasteiger partial charge in [0.2, 0.25) is 5.89 Å². The van der Waals surface area contributed by atoms with Gasteiger partial charge in [0.15, 0.2) is 5.82 Å². The third-order valence-electron chi connectivity index (χ3n) is 4.22. The van der Waals surface area contributed by atoms with Crippen molar-refractivity contribution in [1.29, 1.82) is 0 Å². The van der Waals surface area contributed by atoms with E-state index in [2.05, 4.69) is 22.1 Å². The molecule has 3 unspecified atom stereocenters. The van der Waals surface area contributed by atoms with E-state index in [-0.39, 0.29) is 0 Å². The van der Waals surface area contributed by atoms with Gasteiger partial charge in [-0.1, -0.05) is 11.6 Å². The molecule has 3 rings (SSSR count). The van der Waals surface area contributed by atoms with Crippen LogP contribution in [-0.4, -0.2) is 46.2 Å². The van der Waals surface area contributed by atoms with E-state index in [1.54, 1.807) is 0 Å². The topological polar surface area (TPSA) is 68.2 Å². The normalized spacial score (nSPS) is 33.5. The molecule has 1 aromatic heterocycles. The van der Waals surface area contributed by atoms with Crippen LogP contribution in [0.15, 0.2) is 4.52 Å². The maximum absolute atomic E-state index is 6.03. The van der Waals surface area contributed by atoms with Crippen molar-refractivity contribution in [3.63, 3.8) is 0 Å². The maximum atomic E-state index is 6.03. The first-order valence-electron chi connectivity index (χ1n) is 7.11. The van der Waals surface area contributed by atoms with E-state index in [1.807, 2.05) is 11.8 Å². The van der Waals surface area contributed by atoms with Crippen molar-refractivity contribution in [3.05, 3.63) is 11.7 Å². The van der Waals surface area contributed by atoms with Gasteiger partial charge in [0.25, 0.3) is 0 Å². The maximum Gasteiger partial charge on any atom is 0.229 e. The molecule has 1 saturated carbocycles. The SMILES string of the molecule is CN1CCSCC1c1noc(C2CCCC(N)C2)n1. The molecular weight excluding hydrogens is 260 g/mol. The number of nitrogens with two attached hydrogens (primary N) is 1. The van der Waals surface area contributed by atoms with Gasteiger partial charge < -0.3 is 10.3 Å². The van der Waals surface area contributed by atoms with E-state index in [4.69, 9.17) is 10.3 Å². The van der Waals surface area contributed by atoms with E-state index in [0.29, 0.717) is 18.0 Å². The Labute approximate surface area is 118 Å². The Morgan fingerprint density at radius 1 is 1.42 bits per heavy atom. The second-order valence-electron chi connectivity index (χ2n) is 5.69. The summed E-state index contributed by atoms with van der Waals surface area (Å²) in [6.07, 6.45) is 4.41. The van der Waals surface area contributed by atoms with Crippen molar-refractivity contribution >= 4 is 11.8 Å². The predicted molar refractivity (Wildman–Crippen MR) is 76.2 cm³/mol. The number of hydrogen-bond acceptors (Lipinski definition) is 6. The van der Waals surface area contributed by atoms with Crippen LogP contribution >= 0.6 is 11.8 Å². The fourth-order valence-corrected chi connectivity index (χ4v) is 4.17. The molecule has 0 bridgehead atoms. The van der Waals surface area contributed by atoms with Crippen molar-refractivity contribution in [3.8, 4) is 0 Å². The summed E-state index contributed by atoms with van der Waals surface area (Å²) in [5.74, 6) is 4.26. The lowest BCUT2D eigenvalue weighted by Gasteiger charge is -2.29. The molecule has 2 aliphatic rings. The zero-order valence-corrected chi connectivity index (χ0v) is 12.2. The zero-order valence-electron chi connectivity index (χ0n) is 11.4. The van der Waals surface area contributed by atoms with Crippen LogP contribution in [0.25, 0.3) is 0 Å². The summed E-state index contributed by atoms with van der Waals surface area (Å²) >= 11 is 1.96. The number of rotatable bonds is 2. The highest BCUT2D eigenvalue weighted by molar-refractivity contribution is 7.99. The van der Waals surface area contributed by atoms with Gasteiger partial charge >= 0.3 is 0 Å². The van der Waals surface area contributed by atoms with Gasteiger partial charge in [-0.3, -0.25) is 4.90 Å². The van der Waals surface area contributed by atoms with E-state index in [0.717, 1.165) is 43.3 Å². The number of aromatic nitrogens is 2. The second kappa shape index (κ2) is 5.81. The molecule has 0 aromatic carbocycles. The van der Waals surface area contributed by atoms with Crippen LogP contribution < -0.4 is 5.73 Å². The van der Waals surface area contributed by atoms with Crippen LogP contribution in [0.5, 0.6) is 0 Å². The van der Waals surface area contributed by atoms with E-state index in [9.17, 15) is 0 Å².